The maximum atomic E-state index is 11.7. The molecule has 0 radical (unpaired) electrons. The van der Waals surface area contributed by atoms with Crippen molar-refractivity contribution in [2.75, 3.05) is 5.32 Å². The van der Waals surface area contributed by atoms with E-state index in [0.29, 0.717) is 21.3 Å². The average molecular weight is 345 g/mol. The van der Waals surface area contributed by atoms with E-state index in [4.69, 9.17) is 5.26 Å². The maximum Gasteiger partial charge on any atom is 0.333 e. The minimum absolute atomic E-state index is 0.497. The van der Waals surface area contributed by atoms with Gasteiger partial charge in [-0.15, -0.1) is 0 Å². The monoisotopic (exact) mass is 344 g/mol. The highest BCUT2D eigenvalue weighted by Crippen LogP contribution is 2.29. The number of nitrogens with zero attached hydrogens (tertiary/aromatic N) is 1. The first-order valence-corrected chi connectivity index (χ1v) is 7.03. The second kappa shape index (κ2) is 5.98. The van der Waals surface area contributed by atoms with Gasteiger partial charge in [0.1, 0.15) is 6.07 Å². The number of hydrogen-bond acceptors (Lipinski definition) is 3. The molecule has 21 heavy (non-hydrogen) atoms. The highest BCUT2D eigenvalue weighted by molar-refractivity contribution is 9.10. The van der Waals surface area contributed by atoms with Crippen LogP contribution in [-0.2, 0) is 10.3 Å². The van der Waals surface area contributed by atoms with Gasteiger partial charge >= 0.3 is 5.97 Å². The SMILES string of the molecule is CC(Nc1ccc(C#N)c(Br)c1)(C(=O)O)c1ccccc1. The summed E-state index contributed by atoms with van der Waals surface area (Å²) in [5.41, 5.74) is 0.513. The van der Waals surface area contributed by atoms with Gasteiger partial charge < -0.3 is 10.4 Å². The number of rotatable bonds is 4. The van der Waals surface area contributed by atoms with E-state index in [1.165, 1.54) is 0 Å². The van der Waals surface area contributed by atoms with E-state index in [9.17, 15) is 9.90 Å². The van der Waals surface area contributed by atoms with Crippen molar-refractivity contribution in [3.05, 3.63) is 64.1 Å². The van der Waals surface area contributed by atoms with Gasteiger partial charge in [0.05, 0.1) is 5.56 Å². The average Bonchev–Trinajstić information content (AvgIpc) is 2.48. The molecule has 0 aliphatic carbocycles. The topological polar surface area (TPSA) is 73.1 Å². The van der Waals surface area contributed by atoms with Crippen LogP contribution in [0.25, 0.3) is 0 Å². The van der Waals surface area contributed by atoms with E-state index in [1.807, 2.05) is 12.1 Å². The first-order chi connectivity index (χ1) is 9.97. The largest absolute Gasteiger partial charge is 0.479 e. The minimum Gasteiger partial charge on any atom is -0.479 e. The van der Waals surface area contributed by atoms with Crippen LogP contribution in [0.15, 0.2) is 53.0 Å². The molecule has 2 N–H and O–H groups in total. The summed E-state index contributed by atoms with van der Waals surface area (Å²) < 4.78 is 0.621. The zero-order valence-corrected chi connectivity index (χ0v) is 12.9. The van der Waals surface area contributed by atoms with Crippen molar-refractivity contribution in [2.24, 2.45) is 0 Å². The number of halogens is 1. The van der Waals surface area contributed by atoms with Crippen LogP contribution in [0.2, 0.25) is 0 Å². The predicted molar refractivity (Wildman–Crippen MR) is 83.9 cm³/mol. The molecule has 1 atom stereocenters. The Balaban J connectivity index is 2.40. The highest BCUT2D eigenvalue weighted by Gasteiger charge is 2.35. The number of carboxylic acids is 1. The molecule has 5 heteroatoms. The fraction of sp³-hybridized carbons (Fsp3) is 0.125. The van der Waals surface area contributed by atoms with Crippen LogP contribution in [0.5, 0.6) is 0 Å². The van der Waals surface area contributed by atoms with Gasteiger partial charge in [0, 0.05) is 10.2 Å². The smallest absolute Gasteiger partial charge is 0.333 e. The van der Waals surface area contributed by atoms with Crippen LogP contribution in [0.1, 0.15) is 18.1 Å². The van der Waals surface area contributed by atoms with Gasteiger partial charge in [0.2, 0.25) is 0 Å². The van der Waals surface area contributed by atoms with Gasteiger partial charge in [-0.3, -0.25) is 0 Å². The minimum atomic E-state index is -1.26. The molecule has 1 unspecified atom stereocenters. The standard InChI is InChI=1S/C16H13BrN2O2/c1-16(15(20)21,12-5-3-2-4-6-12)19-13-8-7-11(10-18)14(17)9-13/h2-9,19H,1H3,(H,20,21). The molecule has 2 rings (SSSR count). The van der Waals surface area contributed by atoms with Gasteiger partial charge in [0.25, 0.3) is 0 Å². The lowest BCUT2D eigenvalue weighted by atomic mass is 9.91. The molecule has 0 fully saturated rings. The molecule has 2 aromatic rings. The Morgan fingerprint density at radius 2 is 1.95 bits per heavy atom. The van der Waals surface area contributed by atoms with Crippen LogP contribution in [0, 0.1) is 11.3 Å². The molecular formula is C16H13BrN2O2. The summed E-state index contributed by atoms with van der Waals surface area (Å²) in [5, 5.41) is 21.5. The van der Waals surface area contributed by atoms with Gasteiger partial charge in [0.15, 0.2) is 5.54 Å². The molecule has 2 aromatic carbocycles. The van der Waals surface area contributed by atoms with E-state index >= 15 is 0 Å². The summed E-state index contributed by atoms with van der Waals surface area (Å²) in [6.45, 7) is 1.61. The first kappa shape index (κ1) is 15.1. The van der Waals surface area contributed by atoms with Crippen LogP contribution in [0.3, 0.4) is 0 Å². The molecule has 0 amide bonds. The lowest BCUT2D eigenvalue weighted by Gasteiger charge is -2.28. The van der Waals surface area contributed by atoms with Crippen LogP contribution in [0.4, 0.5) is 5.69 Å². The molecule has 0 spiro atoms. The van der Waals surface area contributed by atoms with E-state index in [-0.39, 0.29) is 0 Å². The van der Waals surface area contributed by atoms with Crippen molar-refractivity contribution >= 4 is 27.6 Å². The first-order valence-electron chi connectivity index (χ1n) is 6.24. The van der Waals surface area contributed by atoms with Crippen molar-refractivity contribution < 1.29 is 9.90 Å². The summed E-state index contributed by atoms with van der Waals surface area (Å²) in [6, 6.07) is 16.0. The van der Waals surface area contributed by atoms with Crippen LogP contribution >= 0.6 is 15.9 Å². The molecule has 0 aliphatic rings. The lowest BCUT2D eigenvalue weighted by Crippen LogP contribution is -2.40. The molecule has 4 nitrogen and oxygen atoms in total. The van der Waals surface area contributed by atoms with Gasteiger partial charge in [-0.2, -0.15) is 5.26 Å². The third-order valence-electron chi connectivity index (χ3n) is 3.26. The molecular weight excluding hydrogens is 332 g/mol. The summed E-state index contributed by atoms with van der Waals surface area (Å²) in [6.07, 6.45) is 0. The number of anilines is 1. The third kappa shape index (κ3) is 3.06. The van der Waals surface area contributed by atoms with E-state index < -0.39 is 11.5 Å². The van der Waals surface area contributed by atoms with Crippen molar-refractivity contribution in [2.45, 2.75) is 12.5 Å². The van der Waals surface area contributed by atoms with E-state index in [0.717, 1.165) is 0 Å². The number of hydrogen-bond donors (Lipinski definition) is 2. The van der Waals surface area contributed by atoms with Gasteiger partial charge in [-0.05, 0) is 46.6 Å². The molecule has 0 saturated carbocycles. The molecule has 0 aliphatic heterocycles. The summed E-state index contributed by atoms with van der Waals surface area (Å²) >= 11 is 3.30. The normalized spacial score (nSPS) is 13.0. The van der Waals surface area contributed by atoms with Crippen molar-refractivity contribution in [1.29, 1.82) is 5.26 Å². The zero-order chi connectivity index (χ0) is 15.5. The molecule has 0 saturated heterocycles. The van der Waals surface area contributed by atoms with E-state index in [2.05, 4.69) is 21.2 Å². The lowest BCUT2D eigenvalue weighted by molar-refractivity contribution is -0.142. The molecule has 106 valence electrons. The predicted octanol–water partition coefficient (Wildman–Crippen LogP) is 3.73. The number of carboxylic acid groups (broad SMARTS) is 1. The van der Waals surface area contributed by atoms with Gasteiger partial charge in [-0.1, -0.05) is 30.3 Å². The van der Waals surface area contributed by atoms with Crippen molar-refractivity contribution in [3.63, 3.8) is 0 Å². The zero-order valence-electron chi connectivity index (χ0n) is 11.3. The van der Waals surface area contributed by atoms with E-state index in [1.54, 1.807) is 49.4 Å². The Morgan fingerprint density at radius 1 is 1.29 bits per heavy atom. The number of nitrogens with one attached hydrogen (secondary N) is 1. The summed E-state index contributed by atoms with van der Waals surface area (Å²) in [7, 11) is 0. The number of carbonyl (C=O) groups is 1. The second-order valence-corrected chi connectivity index (χ2v) is 5.58. The number of nitriles is 1. The molecule has 0 aromatic heterocycles. The fourth-order valence-electron chi connectivity index (χ4n) is 1.99. The maximum absolute atomic E-state index is 11.7. The van der Waals surface area contributed by atoms with Crippen molar-refractivity contribution in [3.8, 4) is 6.07 Å². The Bertz CT molecular complexity index is 710. The third-order valence-corrected chi connectivity index (χ3v) is 3.92. The summed E-state index contributed by atoms with van der Waals surface area (Å²) in [5.74, 6) is -0.978. The Morgan fingerprint density at radius 3 is 2.48 bits per heavy atom. The molecule has 0 bridgehead atoms. The fourth-order valence-corrected chi connectivity index (χ4v) is 2.46. The Hall–Kier alpha value is -2.32. The quantitative estimate of drug-likeness (QED) is 0.886. The number of benzene rings is 2. The number of aliphatic carboxylic acids is 1. The van der Waals surface area contributed by atoms with Gasteiger partial charge in [-0.25, -0.2) is 4.79 Å². The Labute approximate surface area is 131 Å². The highest BCUT2D eigenvalue weighted by atomic mass is 79.9. The van der Waals surface area contributed by atoms with Crippen LogP contribution in [-0.4, -0.2) is 11.1 Å². The summed E-state index contributed by atoms with van der Waals surface area (Å²) in [4.78, 5) is 11.7. The Kier molecular flexibility index (Phi) is 4.29. The van der Waals surface area contributed by atoms with Crippen LogP contribution < -0.4 is 5.32 Å². The second-order valence-electron chi connectivity index (χ2n) is 4.73. The van der Waals surface area contributed by atoms with Crippen molar-refractivity contribution in [1.82, 2.24) is 0 Å². The molecule has 0 heterocycles.